The Balaban J connectivity index is 1.83. The number of methoxy groups -OCH3 is 3. The highest BCUT2D eigenvalue weighted by atomic mass is 16.5. The fraction of sp³-hybridized carbons (Fsp3) is 0.296. The van der Waals surface area contributed by atoms with E-state index in [1.807, 2.05) is 29.8 Å². The highest BCUT2D eigenvalue weighted by molar-refractivity contribution is 6.46. The van der Waals surface area contributed by atoms with Crippen LogP contribution in [0.15, 0.2) is 60.7 Å². The molecule has 1 unspecified atom stereocenters. The Morgan fingerprint density at radius 3 is 2.22 bits per heavy atom. The van der Waals surface area contributed by atoms with Crippen molar-refractivity contribution < 1.29 is 28.9 Å². The van der Waals surface area contributed by atoms with Gasteiger partial charge in [0.15, 0.2) is 11.5 Å². The molecule has 0 radical (unpaired) electrons. The minimum absolute atomic E-state index is 0.0146. The lowest BCUT2D eigenvalue weighted by Crippen LogP contribution is -2.31. The molecule has 1 atom stereocenters. The number of Topliss-reactive ketones (excluding diaryl/α,β-unsaturated/α-hetero) is 1. The number of nitrogens with zero attached hydrogens (tertiary/aromatic N) is 3. The van der Waals surface area contributed by atoms with Gasteiger partial charge in [0, 0.05) is 31.0 Å². The average molecular weight is 492 g/mol. The van der Waals surface area contributed by atoms with Gasteiger partial charge in [-0.1, -0.05) is 29.8 Å². The van der Waals surface area contributed by atoms with Crippen molar-refractivity contribution in [3.05, 3.63) is 77.4 Å². The standard InChI is InChI=1S/C27H29N3O6/c1-17-6-8-18(9-7-17)24(31)22-23(19-14-20(34-2)26(36-4)21(15-19)35-3)30(27(33)25(22)32)12-5-11-29-13-10-28-16-29/h6-10,13-16,23,31H,5,11-12H2,1-4H3/b24-22+. The number of likely N-dealkylation sites (tertiary alicyclic amines) is 1. The maximum absolute atomic E-state index is 13.3. The summed E-state index contributed by atoms with van der Waals surface area (Å²) in [5, 5.41) is 11.3. The van der Waals surface area contributed by atoms with Gasteiger partial charge in [-0.15, -0.1) is 0 Å². The summed E-state index contributed by atoms with van der Waals surface area (Å²) >= 11 is 0. The van der Waals surface area contributed by atoms with Crippen LogP contribution in [-0.4, -0.2) is 59.1 Å². The summed E-state index contributed by atoms with van der Waals surface area (Å²) in [6.45, 7) is 2.83. The molecule has 1 aliphatic heterocycles. The largest absolute Gasteiger partial charge is 0.507 e. The smallest absolute Gasteiger partial charge is 0.295 e. The Morgan fingerprint density at radius 1 is 1.00 bits per heavy atom. The predicted molar refractivity (Wildman–Crippen MR) is 133 cm³/mol. The summed E-state index contributed by atoms with van der Waals surface area (Å²) in [6, 6.07) is 9.68. The van der Waals surface area contributed by atoms with Crippen LogP contribution in [0.2, 0.25) is 0 Å². The number of carbonyl (C=O) groups excluding carboxylic acids is 2. The highest BCUT2D eigenvalue weighted by Crippen LogP contribution is 2.45. The third kappa shape index (κ3) is 4.64. The van der Waals surface area contributed by atoms with E-state index >= 15 is 0 Å². The van der Waals surface area contributed by atoms with E-state index in [4.69, 9.17) is 14.2 Å². The van der Waals surface area contributed by atoms with Gasteiger partial charge in [-0.25, -0.2) is 4.98 Å². The van der Waals surface area contributed by atoms with Crippen molar-refractivity contribution in [1.82, 2.24) is 14.5 Å². The second kappa shape index (κ2) is 10.6. The van der Waals surface area contributed by atoms with Gasteiger partial charge >= 0.3 is 0 Å². The van der Waals surface area contributed by atoms with Gasteiger partial charge < -0.3 is 28.8 Å². The monoisotopic (exact) mass is 491 g/mol. The van der Waals surface area contributed by atoms with Gasteiger partial charge in [0.05, 0.1) is 39.3 Å². The first-order chi connectivity index (χ1) is 17.4. The molecule has 0 bridgehead atoms. The zero-order valence-electron chi connectivity index (χ0n) is 20.7. The Bertz CT molecular complexity index is 1260. The van der Waals surface area contributed by atoms with Crippen LogP contribution in [-0.2, 0) is 16.1 Å². The molecular formula is C27H29N3O6. The number of hydrogen-bond acceptors (Lipinski definition) is 7. The summed E-state index contributed by atoms with van der Waals surface area (Å²) in [6.07, 6.45) is 5.79. The SMILES string of the molecule is COc1cc(C2/C(=C(\O)c3ccc(C)cc3)C(=O)C(=O)N2CCCn2ccnc2)cc(OC)c1OC. The van der Waals surface area contributed by atoms with Gasteiger partial charge in [0.2, 0.25) is 5.75 Å². The fourth-order valence-electron chi connectivity index (χ4n) is 4.43. The predicted octanol–water partition coefficient (Wildman–Crippen LogP) is 3.73. The molecule has 0 saturated carbocycles. The maximum Gasteiger partial charge on any atom is 0.295 e. The first-order valence-electron chi connectivity index (χ1n) is 11.5. The van der Waals surface area contributed by atoms with E-state index in [0.717, 1.165) is 5.56 Å². The van der Waals surface area contributed by atoms with Gasteiger partial charge in [0.25, 0.3) is 11.7 Å². The molecule has 2 aromatic carbocycles. The molecule has 1 N–H and O–H groups in total. The van der Waals surface area contributed by atoms with Gasteiger partial charge in [0.1, 0.15) is 5.76 Å². The summed E-state index contributed by atoms with van der Waals surface area (Å²) < 4.78 is 18.4. The molecule has 2 heterocycles. The van der Waals surface area contributed by atoms with E-state index in [-0.39, 0.29) is 17.9 Å². The molecule has 0 aliphatic carbocycles. The van der Waals surface area contributed by atoms with E-state index in [0.29, 0.717) is 41.3 Å². The number of amides is 1. The van der Waals surface area contributed by atoms with E-state index in [1.54, 1.807) is 36.8 Å². The number of rotatable bonds is 9. The van der Waals surface area contributed by atoms with Crippen LogP contribution < -0.4 is 14.2 Å². The molecule has 1 aromatic heterocycles. The van der Waals surface area contributed by atoms with E-state index < -0.39 is 17.7 Å². The molecule has 1 fully saturated rings. The number of aliphatic hydroxyl groups is 1. The average Bonchev–Trinajstić information content (AvgIpc) is 3.50. The molecule has 3 aromatic rings. The van der Waals surface area contributed by atoms with Crippen LogP contribution >= 0.6 is 0 Å². The molecule has 1 aliphatic rings. The molecular weight excluding hydrogens is 462 g/mol. The highest BCUT2D eigenvalue weighted by Gasteiger charge is 2.46. The van der Waals surface area contributed by atoms with Crippen molar-refractivity contribution in [3.8, 4) is 17.2 Å². The minimum atomic E-state index is -0.845. The van der Waals surface area contributed by atoms with Gasteiger partial charge in [-0.3, -0.25) is 9.59 Å². The topological polar surface area (TPSA) is 103 Å². The second-order valence-electron chi connectivity index (χ2n) is 8.47. The van der Waals surface area contributed by atoms with Crippen molar-refractivity contribution >= 4 is 17.4 Å². The van der Waals surface area contributed by atoms with E-state index in [1.165, 1.54) is 26.2 Å². The molecule has 1 saturated heterocycles. The van der Waals surface area contributed by atoms with Crippen LogP contribution in [0.5, 0.6) is 17.2 Å². The fourth-order valence-corrected chi connectivity index (χ4v) is 4.43. The van der Waals surface area contributed by atoms with Crippen LogP contribution in [0.4, 0.5) is 0 Å². The number of aryl methyl sites for hydroxylation is 2. The molecule has 9 nitrogen and oxygen atoms in total. The molecule has 4 rings (SSSR count). The van der Waals surface area contributed by atoms with E-state index in [2.05, 4.69) is 4.98 Å². The quantitative estimate of drug-likeness (QED) is 0.276. The minimum Gasteiger partial charge on any atom is -0.507 e. The van der Waals surface area contributed by atoms with Crippen molar-refractivity contribution in [3.63, 3.8) is 0 Å². The molecule has 188 valence electrons. The lowest BCUT2D eigenvalue weighted by molar-refractivity contribution is -0.139. The summed E-state index contributed by atoms with van der Waals surface area (Å²) in [5.74, 6) is -0.497. The lowest BCUT2D eigenvalue weighted by Gasteiger charge is -2.26. The van der Waals surface area contributed by atoms with Crippen molar-refractivity contribution in [2.75, 3.05) is 27.9 Å². The number of hydrogen-bond donors (Lipinski definition) is 1. The lowest BCUT2D eigenvalue weighted by atomic mass is 9.94. The number of aromatic nitrogens is 2. The summed E-state index contributed by atoms with van der Waals surface area (Å²) in [4.78, 5) is 32.1. The van der Waals surface area contributed by atoms with Crippen LogP contribution in [0.1, 0.15) is 29.2 Å². The van der Waals surface area contributed by atoms with E-state index in [9.17, 15) is 14.7 Å². The third-order valence-electron chi connectivity index (χ3n) is 6.24. The number of ketones is 1. The molecule has 1 amide bonds. The van der Waals surface area contributed by atoms with Crippen LogP contribution in [0.3, 0.4) is 0 Å². The number of ether oxygens (including phenoxy) is 3. The molecule has 0 spiro atoms. The zero-order valence-corrected chi connectivity index (χ0v) is 20.7. The molecule has 36 heavy (non-hydrogen) atoms. The number of aliphatic hydroxyl groups excluding tert-OH is 1. The van der Waals surface area contributed by atoms with Gasteiger partial charge in [-0.2, -0.15) is 0 Å². The number of carbonyl (C=O) groups is 2. The van der Waals surface area contributed by atoms with Crippen LogP contribution in [0.25, 0.3) is 5.76 Å². The van der Waals surface area contributed by atoms with Gasteiger partial charge in [-0.05, 0) is 31.0 Å². The second-order valence-corrected chi connectivity index (χ2v) is 8.47. The van der Waals surface area contributed by atoms with Crippen molar-refractivity contribution in [2.24, 2.45) is 0 Å². The van der Waals surface area contributed by atoms with Crippen LogP contribution in [0, 0.1) is 6.92 Å². The number of benzene rings is 2. The first-order valence-corrected chi connectivity index (χ1v) is 11.5. The summed E-state index contributed by atoms with van der Waals surface area (Å²) in [5.41, 5.74) is 2.03. The van der Waals surface area contributed by atoms with Crippen molar-refractivity contribution in [2.45, 2.75) is 25.9 Å². The van der Waals surface area contributed by atoms with Crippen molar-refractivity contribution in [1.29, 1.82) is 0 Å². The summed E-state index contributed by atoms with van der Waals surface area (Å²) in [7, 11) is 4.49. The zero-order chi connectivity index (χ0) is 25.8. The Kier molecular flexibility index (Phi) is 7.28. The maximum atomic E-state index is 13.3. The Labute approximate surface area is 209 Å². The Morgan fingerprint density at radius 2 is 1.67 bits per heavy atom. The molecule has 9 heteroatoms. The normalized spacial score (nSPS) is 16.9. The first kappa shape index (κ1) is 24.8. The number of imidazole rings is 1. The Hall–Kier alpha value is -4.27. The third-order valence-corrected chi connectivity index (χ3v) is 6.24.